The highest BCUT2D eigenvalue weighted by Gasteiger charge is 2.29. The van der Waals surface area contributed by atoms with Gasteiger partial charge >= 0.3 is 0 Å². The van der Waals surface area contributed by atoms with Crippen molar-refractivity contribution in [1.29, 1.82) is 0 Å². The van der Waals surface area contributed by atoms with E-state index in [4.69, 9.17) is 11.6 Å². The van der Waals surface area contributed by atoms with E-state index in [1.807, 2.05) is 43.3 Å². The average molecular weight is 511 g/mol. The maximum atomic E-state index is 14.5. The number of rotatable bonds is 6. The first kappa shape index (κ1) is 22.9. The minimum absolute atomic E-state index is 0.0903. The minimum Gasteiger partial charge on any atom is -0.207 e. The van der Waals surface area contributed by atoms with Crippen LogP contribution in [-0.2, 0) is 23.1 Å². The lowest BCUT2D eigenvalue weighted by Gasteiger charge is -2.25. The fourth-order valence-electron chi connectivity index (χ4n) is 3.58. The predicted octanol–water partition coefficient (Wildman–Crippen LogP) is 6.56. The Labute approximate surface area is 190 Å². The first-order valence-corrected chi connectivity index (χ1v) is 12.0. The van der Waals surface area contributed by atoms with Crippen molar-refractivity contribution in [3.8, 4) is 0 Å². The van der Waals surface area contributed by atoms with Crippen LogP contribution >= 0.6 is 27.5 Å². The molecule has 0 saturated heterocycles. The molecule has 0 N–H and O–H groups in total. The van der Waals surface area contributed by atoms with Crippen LogP contribution in [-0.4, -0.2) is 12.7 Å². The molecule has 3 rings (SSSR count). The molecule has 3 nitrogen and oxygen atoms in total. The number of halogens is 3. The molecule has 0 radical (unpaired) electrons. The summed E-state index contributed by atoms with van der Waals surface area (Å²) in [6, 6.07) is 15.4. The molecule has 0 heterocycles. The lowest BCUT2D eigenvalue weighted by Crippen LogP contribution is -2.32. The molecule has 0 spiro atoms. The molecular weight excluding hydrogens is 489 g/mol. The van der Waals surface area contributed by atoms with E-state index in [2.05, 4.69) is 15.9 Å². The highest BCUT2D eigenvalue weighted by molar-refractivity contribution is 9.10. The Bertz CT molecular complexity index is 1140. The van der Waals surface area contributed by atoms with Gasteiger partial charge in [-0.15, -0.1) is 0 Å². The summed E-state index contributed by atoms with van der Waals surface area (Å²) >= 11 is 9.60. The third kappa shape index (κ3) is 4.94. The van der Waals surface area contributed by atoms with Crippen LogP contribution in [0.4, 0.5) is 4.39 Å². The zero-order valence-corrected chi connectivity index (χ0v) is 20.1. The van der Waals surface area contributed by atoms with Crippen LogP contribution in [0.15, 0.2) is 64.0 Å². The van der Waals surface area contributed by atoms with Crippen LogP contribution in [0, 0.1) is 26.6 Å². The molecule has 0 amide bonds. The molecule has 7 heteroatoms. The molecule has 0 aliphatic carbocycles. The van der Waals surface area contributed by atoms with Crippen LogP contribution in [0.3, 0.4) is 0 Å². The lowest BCUT2D eigenvalue weighted by atomic mass is 10.1. The molecule has 158 valence electrons. The van der Waals surface area contributed by atoms with Gasteiger partial charge < -0.3 is 0 Å². The summed E-state index contributed by atoms with van der Waals surface area (Å²) in [5.74, 6) is -0.532. The fourth-order valence-corrected chi connectivity index (χ4v) is 5.88. The highest BCUT2D eigenvalue weighted by atomic mass is 79.9. The summed E-state index contributed by atoms with van der Waals surface area (Å²) in [7, 11) is -3.92. The third-order valence-corrected chi connectivity index (χ3v) is 7.85. The zero-order chi connectivity index (χ0) is 22.1. The van der Waals surface area contributed by atoms with E-state index in [1.54, 1.807) is 19.9 Å². The predicted molar refractivity (Wildman–Crippen MR) is 123 cm³/mol. The number of benzene rings is 3. The van der Waals surface area contributed by atoms with Gasteiger partial charge in [0, 0.05) is 28.1 Å². The average Bonchev–Trinajstić information content (AvgIpc) is 2.64. The van der Waals surface area contributed by atoms with Crippen molar-refractivity contribution < 1.29 is 12.8 Å². The van der Waals surface area contributed by atoms with Gasteiger partial charge in [-0.2, -0.15) is 4.31 Å². The number of hydrogen-bond acceptors (Lipinski definition) is 2. The lowest BCUT2D eigenvalue weighted by molar-refractivity contribution is 0.393. The molecule has 3 aromatic rings. The maximum absolute atomic E-state index is 14.5. The van der Waals surface area contributed by atoms with Crippen molar-refractivity contribution in [3.63, 3.8) is 0 Å². The molecule has 30 heavy (non-hydrogen) atoms. The summed E-state index contributed by atoms with van der Waals surface area (Å²) in [5.41, 5.74) is 3.25. The molecule has 0 aliphatic heterocycles. The van der Waals surface area contributed by atoms with Gasteiger partial charge in [-0.3, -0.25) is 0 Å². The first-order valence-electron chi connectivity index (χ1n) is 9.35. The maximum Gasteiger partial charge on any atom is 0.244 e. The number of aryl methyl sites for hydroxylation is 3. The van der Waals surface area contributed by atoms with Gasteiger partial charge in [-0.05, 0) is 61.7 Å². The summed E-state index contributed by atoms with van der Waals surface area (Å²) in [6.45, 7) is 5.40. The van der Waals surface area contributed by atoms with E-state index >= 15 is 0 Å². The van der Waals surface area contributed by atoms with Gasteiger partial charge in [0.2, 0.25) is 10.0 Å². The number of hydrogen-bond donors (Lipinski definition) is 0. The smallest absolute Gasteiger partial charge is 0.207 e. The van der Waals surface area contributed by atoms with E-state index in [0.717, 1.165) is 15.6 Å². The van der Waals surface area contributed by atoms with Crippen LogP contribution in [0.5, 0.6) is 0 Å². The largest absolute Gasteiger partial charge is 0.244 e. The van der Waals surface area contributed by atoms with Crippen LogP contribution in [0.25, 0.3) is 0 Å². The summed E-state index contributed by atoms with van der Waals surface area (Å²) < 4.78 is 44.1. The van der Waals surface area contributed by atoms with Gasteiger partial charge in [-0.1, -0.05) is 63.4 Å². The van der Waals surface area contributed by atoms with Crippen molar-refractivity contribution in [2.24, 2.45) is 0 Å². The fraction of sp³-hybridized carbons (Fsp3) is 0.217. The summed E-state index contributed by atoms with van der Waals surface area (Å²) in [5, 5.41) is 0.198. The molecule has 0 saturated carbocycles. The molecule has 0 atom stereocenters. The SMILES string of the molecule is Cc1cc(C)c(S(=O)(=O)N(Cc2ccc(Br)cc2)Cc2c(F)cccc2Cl)c(C)c1. The van der Waals surface area contributed by atoms with Gasteiger partial charge in [-0.25, -0.2) is 12.8 Å². The molecule has 0 aliphatic rings. The van der Waals surface area contributed by atoms with E-state index in [0.29, 0.717) is 11.1 Å². The second kappa shape index (κ2) is 9.18. The van der Waals surface area contributed by atoms with Crippen molar-refractivity contribution in [3.05, 3.63) is 97.7 Å². The standard InChI is InChI=1S/C23H22BrClFNO2S/c1-15-11-16(2)23(17(3)12-15)30(28,29)27(13-18-7-9-19(24)10-8-18)14-20-21(25)5-4-6-22(20)26/h4-12H,13-14H2,1-3H3. The summed E-state index contributed by atoms with van der Waals surface area (Å²) in [4.78, 5) is 0.248. The quantitative estimate of drug-likeness (QED) is 0.377. The molecule has 0 aromatic heterocycles. The Morgan fingerprint density at radius 3 is 2.13 bits per heavy atom. The third-order valence-electron chi connectivity index (χ3n) is 4.87. The highest BCUT2D eigenvalue weighted by Crippen LogP contribution is 2.30. The van der Waals surface area contributed by atoms with Crippen molar-refractivity contribution in [2.75, 3.05) is 0 Å². The van der Waals surface area contributed by atoms with Crippen molar-refractivity contribution >= 4 is 37.6 Å². The van der Waals surface area contributed by atoms with E-state index in [1.165, 1.54) is 16.4 Å². The van der Waals surface area contributed by atoms with Crippen molar-refractivity contribution in [2.45, 2.75) is 38.8 Å². The Morgan fingerprint density at radius 2 is 1.57 bits per heavy atom. The first-order chi connectivity index (χ1) is 14.1. The zero-order valence-electron chi connectivity index (χ0n) is 16.9. The van der Waals surface area contributed by atoms with Crippen molar-refractivity contribution in [1.82, 2.24) is 4.31 Å². The topological polar surface area (TPSA) is 37.4 Å². The van der Waals surface area contributed by atoms with Crippen LogP contribution in [0.2, 0.25) is 5.02 Å². The normalized spacial score (nSPS) is 11.8. The van der Waals surface area contributed by atoms with Crippen LogP contribution in [0.1, 0.15) is 27.8 Å². The Hall–Kier alpha value is -1.73. The monoisotopic (exact) mass is 509 g/mol. The van der Waals surface area contributed by atoms with Gasteiger partial charge in [0.15, 0.2) is 0 Å². The molecule has 0 fully saturated rings. The number of nitrogens with zero attached hydrogens (tertiary/aromatic N) is 1. The molecule has 0 unspecified atom stereocenters. The van der Waals surface area contributed by atoms with E-state index in [9.17, 15) is 12.8 Å². The Kier molecular flexibility index (Phi) is 7.02. The molecule has 3 aromatic carbocycles. The minimum atomic E-state index is -3.92. The second-order valence-corrected chi connectivity index (χ2v) is 10.5. The van der Waals surface area contributed by atoms with E-state index < -0.39 is 15.8 Å². The van der Waals surface area contributed by atoms with Gasteiger partial charge in [0.25, 0.3) is 0 Å². The Morgan fingerprint density at radius 1 is 0.967 bits per heavy atom. The van der Waals surface area contributed by atoms with Crippen LogP contribution < -0.4 is 0 Å². The second-order valence-electron chi connectivity index (χ2n) is 7.33. The van der Waals surface area contributed by atoms with Gasteiger partial charge in [0.1, 0.15) is 5.82 Å². The molecule has 0 bridgehead atoms. The van der Waals surface area contributed by atoms with Gasteiger partial charge in [0.05, 0.1) is 4.90 Å². The summed E-state index contributed by atoms with van der Waals surface area (Å²) in [6.07, 6.45) is 0. The Balaban J connectivity index is 2.12. The molecular formula is C23H22BrClFNO2S. The van der Waals surface area contributed by atoms with E-state index in [-0.39, 0.29) is 28.6 Å². The number of sulfonamides is 1.